The number of ether oxygens (including phenoxy) is 2. The van der Waals surface area contributed by atoms with Gasteiger partial charge in [-0.15, -0.1) is 0 Å². The van der Waals surface area contributed by atoms with E-state index in [9.17, 15) is 0 Å². The second kappa shape index (κ2) is 7.15. The molecule has 0 atom stereocenters. The summed E-state index contributed by atoms with van der Waals surface area (Å²) in [4.78, 5) is 0. The molecule has 1 rings (SSSR count). The minimum Gasteiger partial charge on any atom is -0.497 e. The van der Waals surface area contributed by atoms with Gasteiger partial charge in [-0.25, -0.2) is 0 Å². The molecule has 1 aromatic rings. The molecule has 108 valence electrons. The van der Waals surface area contributed by atoms with Crippen LogP contribution in [-0.2, 0) is 5.41 Å². The first-order chi connectivity index (χ1) is 8.96. The molecule has 0 amide bonds. The first kappa shape index (κ1) is 16.3. The molecule has 0 heterocycles. The molecule has 0 unspecified atom stereocenters. The summed E-state index contributed by atoms with van der Waals surface area (Å²) in [6.45, 7) is 8.58. The molecule has 0 aromatic heterocycles. The van der Waals surface area contributed by atoms with Crippen molar-refractivity contribution in [1.29, 1.82) is 0 Å². The van der Waals surface area contributed by atoms with Crippen molar-refractivity contribution in [2.24, 2.45) is 0 Å². The molecule has 0 aliphatic heterocycles. The van der Waals surface area contributed by atoms with Crippen LogP contribution in [0.5, 0.6) is 11.5 Å². The Bertz CT molecular complexity index is 419. The van der Waals surface area contributed by atoms with Gasteiger partial charge in [-0.1, -0.05) is 36.7 Å². The summed E-state index contributed by atoms with van der Waals surface area (Å²) in [7, 11) is 3.36. The fraction of sp³-hybridized carbons (Fsp3) is 0.600. The van der Waals surface area contributed by atoms with E-state index in [1.165, 1.54) is 5.56 Å². The molecule has 0 saturated carbocycles. The highest BCUT2D eigenvalue weighted by molar-refractivity contribution is 9.10. The molecule has 0 spiro atoms. The van der Waals surface area contributed by atoms with E-state index >= 15 is 0 Å². The maximum absolute atomic E-state index is 5.53. The highest BCUT2D eigenvalue weighted by Crippen LogP contribution is 2.41. The Morgan fingerprint density at radius 1 is 1.21 bits per heavy atom. The average Bonchev–Trinajstić information content (AvgIpc) is 2.37. The predicted octanol–water partition coefficient (Wildman–Crippen LogP) is 3.74. The third-order valence-electron chi connectivity index (χ3n) is 3.34. The number of rotatable bonds is 7. The number of nitrogens with one attached hydrogen (secondary N) is 1. The molecule has 1 aromatic carbocycles. The lowest BCUT2D eigenvalue weighted by atomic mass is 9.81. The van der Waals surface area contributed by atoms with E-state index in [4.69, 9.17) is 9.47 Å². The van der Waals surface area contributed by atoms with Gasteiger partial charge in [0.1, 0.15) is 11.5 Å². The van der Waals surface area contributed by atoms with Gasteiger partial charge in [0, 0.05) is 16.1 Å². The molecule has 0 aliphatic rings. The van der Waals surface area contributed by atoms with E-state index in [1.807, 2.05) is 12.1 Å². The first-order valence-corrected chi connectivity index (χ1v) is 7.38. The molecule has 0 fully saturated rings. The zero-order valence-electron chi connectivity index (χ0n) is 12.5. The van der Waals surface area contributed by atoms with E-state index in [0.29, 0.717) is 0 Å². The topological polar surface area (TPSA) is 30.5 Å². The van der Waals surface area contributed by atoms with Gasteiger partial charge in [0.15, 0.2) is 0 Å². The number of hydrogen-bond donors (Lipinski definition) is 1. The number of hydrogen-bond acceptors (Lipinski definition) is 3. The summed E-state index contributed by atoms with van der Waals surface area (Å²) in [5, 5.41) is 3.37. The minimum atomic E-state index is 0.0264. The maximum Gasteiger partial charge on any atom is 0.127 e. The Labute approximate surface area is 124 Å². The molecular weight excluding hydrogens is 306 g/mol. The molecule has 0 bridgehead atoms. The fourth-order valence-corrected chi connectivity index (χ4v) is 3.15. The largest absolute Gasteiger partial charge is 0.497 e. The standard InChI is InChI=1S/C15H24BrNO2/c1-6-17-8-7-15(2,3)14-12(16)9-11(18-4)10-13(14)19-5/h9-10,17H,6-8H2,1-5H3. The normalized spacial score (nSPS) is 11.5. The van der Waals surface area contributed by atoms with E-state index in [1.54, 1.807) is 14.2 Å². The highest BCUT2D eigenvalue weighted by atomic mass is 79.9. The lowest BCUT2D eigenvalue weighted by Gasteiger charge is -2.29. The number of methoxy groups -OCH3 is 2. The third-order valence-corrected chi connectivity index (χ3v) is 3.96. The van der Waals surface area contributed by atoms with Crippen molar-refractivity contribution in [2.45, 2.75) is 32.6 Å². The van der Waals surface area contributed by atoms with Gasteiger partial charge in [-0.3, -0.25) is 0 Å². The van der Waals surface area contributed by atoms with Crippen LogP contribution in [0.3, 0.4) is 0 Å². The quantitative estimate of drug-likeness (QED) is 0.773. The van der Waals surface area contributed by atoms with Crippen LogP contribution >= 0.6 is 15.9 Å². The monoisotopic (exact) mass is 329 g/mol. The molecule has 3 nitrogen and oxygen atoms in total. The van der Waals surface area contributed by atoms with Gasteiger partial charge in [0.05, 0.1) is 14.2 Å². The second-order valence-electron chi connectivity index (χ2n) is 5.17. The van der Waals surface area contributed by atoms with E-state index in [0.717, 1.165) is 35.5 Å². The number of halogens is 1. The second-order valence-corrected chi connectivity index (χ2v) is 6.03. The molecule has 0 aliphatic carbocycles. The van der Waals surface area contributed by atoms with E-state index in [2.05, 4.69) is 42.0 Å². The van der Waals surface area contributed by atoms with Crippen LogP contribution in [0.1, 0.15) is 32.8 Å². The summed E-state index contributed by atoms with van der Waals surface area (Å²) in [6, 6.07) is 3.93. The Balaban J connectivity index is 3.09. The lowest BCUT2D eigenvalue weighted by Crippen LogP contribution is -2.26. The molecule has 0 saturated heterocycles. The van der Waals surface area contributed by atoms with Crippen LogP contribution in [0, 0.1) is 0 Å². The summed E-state index contributed by atoms with van der Waals surface area (Å²) < 4.78 is 11.8. The summed E-state index contributed by atoms with van der Waals surface area (Å²) in [5.41, 5.74) is 1.22. The summed E-state index contributed by atoms with van der Waals surface area (Å²) >= 11 is 3.64. The van der Waals surface area contributed by atoms with Crippen molar-refractivity contribution in [3.63, 3.8) is 0 Å². The van der Waals surface area contributed by atoms with Gasteiger partial charge in [0.2, 0.25) is 0 Å². The third kappa shape index (κ3) is 4.11. The Hall–Kier alpha value is -0.740. The predicted molar refractivity (Wildman–Crippen MR) is 83.4 cm³/mol. The molecule has 19 heavy (non-hydrogen) atoms. The zero-order valence-corrected chi connectivity index (χ0v) is 14.1. The Kier molecular flexibility index (Phi) is 6.14. The van der Waals surface area contributed by atoms with Crippen molar-refractivity contribution in [3.8, 4) is 11.5 Å². The zero-order chi connectivity index (χ0) is 14.5. The van der Waals surface area contributed by atoms with Gasteiger partial charge in [-0.05, 0) is 31.0 Å². The van der Waals surface area contributed by atoms with Crippen molar-refractivity contribution in [3.05, 3.63) is 22.2 Å². The van der Waals surface area contributed by atoms with Crippen molar-refractivity contribution < 1.29 is 9.47 Å². The highest BCUT2D eigenvalue weighted by Gasteiger charge is 2.27. The Morgan fingerprint density at radius 3 is 2.42 bits per heavy atom. The minimum absolute atomic E-state index is 0.0264. The van der Waals surface area contributed by atoms with Gasteiger partial charge in [-0.2, -0.15) is 0 Å². The Morgan fingerprint density at radius 2 is 1.89 bits per heavy atom. The van der Waals surface area contributed by atoms with Crippen LogP contribution in [0.2, 0.25) is 0 Å². The van der Waals surface area contributed by atoms with Gasteiger partial charge in [0.25, 0.3) is 0 Å². The van der Waals surface area contributed by atoms with Crippen molar-refractivity contribution in [1.82, 2.24) is 5.32 Å². The van der Waals surface area contributed by atoms with Crippen LogP contribution in [0.25, 0.3) is 0 Å². The van der Waals surface area contributed by atoms with Crippen LogP contribution in [-0.4, -0.2) is 27.3 Å². The molecule has 0 radical (unpaired) electrons. The smallest absolute Gasteiger partial charge is 0.127 e. The van der Waals surface area contributed by atoms with Crippen molar-refractivity contribution in [2.75, 3.05) is 27.3 Å². The molecular formula is C15H24BrNO2. The average molecular weight is 330 g/mol. The SMILES string of the molecule is CCNCCC(C)(C)c1c(Br)cc(OC)cc1OC. The fourth-order valence-electron chi connectivity index (χ4n) is 2.20. The van der Waals surface area contributed by atoms with Gasteiger partial charge < -0.3 is 14.8 Å². The van der Waals surface area contributed by atoms with Crippen LogP contribution < -0.4 is 14.8 Å². The maximum atomic E-state index is 5.53. The summed E-state index contributed by atoms with van der Waals surface area (Å²) in [6.07, 6.45) is 1.04. The molecule has 4 heteroatoms. The first-order valence-electron chi connectivity index (χ1n) is 6.59. The van der Waals surface area contributed by atoms with Gasteiger partial charge >= 0.3 is 0 Å². The molecule has 1 N–H and O–H groups in total. The van der Waals surface area contributed by atoms with Crippen LogP contribution in [0.15, 0.2) is 16.6 Å². The van der Waals surface area contributed by atoms with Crippen molar-refractivity contribution >= 4 is 15.9 Å². The van der Waals surface area contributed by atoms with E-state index < -0.39 is 0 Å². The van der Waals surface area contributed by atoms with E-state index in [-0.39, 0.29) is 5.41 Å². The summed E-state index contributed by atoms with van der Waals surface area (Å²) in [5.74, 6) is 1.67. The van der Waals surface area contributed by atoms with Crippen LogP contribution in [0.4, 0.5) is 0 Å². The lowest BCUT2D eigenvalue weighted by molar-refractivity contribution is 0.371. The number of benzene rings is 1.